The number of hydrogen-bond acceptors (Lipinski definition) is 4. The summed E-state index contributed by atoms with van der Waals surface area (Å²) in [5.74, 6) is -0.758. The predicted molar refractivity (Wildman–Crippen MR) is 102 cm³/mol. The SMILES string of the molecule is O=C(O)COc1ccc(C(=O)NC2c3ccccc3CC23CCOCC3)cc1. The average molecular weight is 381 g/mol. The van der Waals surface area contributed by atoms with Gasteiger partial charge in [0.15, 0.2) is 6.61 Å². The van der Waals surface area contributed by atoms with Gasteiger partial charge in [-0.3, -0.25) is 4.79 Å². The lowest BCUT2D eigenvalue weighted by Gasteiger charge is -2.39. The Morgan fingerprint density at radius 1 is 1.11 bits per heavy atom. The number of benzene rings is 2. The maximum Gasteiger partial charge on any atom is 0.341 e. The van der Waals surface area contributed by atoms with Gasteiger partial charge in [0.25, 0.3) is 5.91 Å². The molecule has 1 aliphatic heterocycles. The number of carboxylic acids is 1. The van der Waals surface area contributed by atoms with Crippen LogP contribution in [-0.4, -0.2) is 36.8 Å². The van der Waals surface area contributed by atoms with Crippen LogP contribution in [-0.2, 0) is 16.0 Å². The van der Waals surface area contributed by atoms with Crippen molar-refractivity contribution in [2.75, 3.05) is 19.8 Å². The van der Waals surface area contributed by atoms with E-state index >= 15 is 0 Å². The second kappa shape index (κ2) is 7.64. The molecule has 1 amide bonds. The summed E-state index contributed by atoms with van der Waals surface area (Å²) < 4.78 is 10.7. The molecule has 0 bridgehead atoms. The van der Waals surface area contributed by atoms with Crippen molar-refractivity contribution in [3.8, 4) is 5.75 Å². The molecule has 1 unspecified atom stereocenters. The Morgan fingerprint density at radius 2 is 1.82 bits per heavy atom. The van der Waals surface area contributed by atoms with Gasteiger partial charge in [-0.1, -0.05) is 24.3 Å². The van der Waals surface area contributed by atoms with Crippen molar-refractivity contribution >= 4 is 11.9 Å². The molecule has 28 heavy (non-hydrogen) atoms. The molecule has 1 spiro atoms. The Hall–Kier alpha value is -2.86. The van der Waals surface area contributed by atoms with Crippen LogP contribution in [0.25, 0.3) is 0 Å². The number of aliphatic carboxylic acids is 1. The van der Waals surface area contributed by atoms with E-state index in [1.165, 1.54) is 11.1 Å². The molecule has 146 valence electrons. The summed E-state index contributed by atoms with van der Waals surface area (Å²) in [6, 6.07) is 14.8. The number of nitrogens with one attached hydrogen (secondary N) is 1. The van der Waals surface area contributed by atoms with Crippen LogP contribution in [0.5, 0.6) is 5.75 Å². The number of rotatable bonds is 5. The van der Waals surface area contributed by atoms with Gasteiger partial charge in [-0.05, 0) is 54.7 Å². The molecule has 6 nitrogen and oxygen atoms in total. The summed E-state index contributed by atoms with van der Waals surface area (Å²) in [5.41, 5.74) is 3.02. The first kappa shape index (κ1) is 18.5. The molecule has 4 rings (SSSR count). The number of amides is 1. The van der Waals surface area contributed by atoms with Crippen LogP contribution in [0.3, 0.4) is 0 Å². The molecule has 1 saturated heterocycles. The van der Waals surface area contributed by atoms with E-state index in [0.29, 0.717) is 11.3 Å². The Bertz CT molecular complexity index is 871. The highest BCUT2D eigenvalue weighted by Gasteiger charge is 2.47. The first-order valence-electron chi connectivity index (χ1n) is 9.48. The lowest BCUT2D eigenvalue weighted by molar-refractivity contribution is -0.139. The molecule has 1 aliphatic carbocycles. The Labute approximate surface area is 163 Å². The maximum absolute atomic E-state index is 12.9. The van der Waals surface area contributed by atoms with Crippen LogP contribution in [0.4, 0.5) is 0 Å². The van der Waals surface area contributed by atoms with Gasteiger partial charge in [-0.25, -0.2) is 4.79 Å². The van der Waals surface area contributed by atoms with Crippen LogP contribution < -0.4 is 10.1 Å². The van der Waals surface area contributed by atoms with E-state index < -0.39 is 12.6 Å². The van der Waals surface area contributed by atoms with Crippen molar-refractivity contribution in [3.63, 3.8) is 0 Å². The second-order valence-corrected chi connectivity index (χ2v) is 7.46. The van der Waals surface area contributed by atoms with E-state index in [0.717, 1.165) is 32.5 Å². The quantitative estimate of drug-likeness (QED) is 0.832. The molecule has 1 fully saturated rings. The van der Waals surface area contributed by atoms with Crippen molar-refractivity contribution in [1.29, 1.82) is 0 Å². The molecule has 2 aliphatic rings. The minimum atomic E-state index is -1.04. The van der Waals surface area contributed by atoms with Gasteiger partial charge < -0.3 is 19.9 Å². The van der Waals surface area contributed by atoms with Gasteiger partial charge in [-0.15, -0.1) is 0 Å². The molecule has 1 heterocycles. The maximum atomic E-state index is 12.9. The number of ether oxygens (including phenoxy) is 2. The van der Waals surface area contributed by atoms with Crippen LogP contribution in [0.1, 0.15) is 40.4 Å². The number of carboxylic acid groups (broad SMARTS) is 1. The van der Waals surface area contributed by atoms with E-state index in [2.05, 4.69) is 17.4 Å². The fourth-order valence-electron chi connectivity index (χ4n) is 4.32. The summed E-state index contributed by atoms with van der Waals surface area (Å²) in [6.45, 7) is 1.03. The summed E-state index contributed by atoms with van der Waals surface area (Å²) in [6.07, 6.45) is 2.81. The number of hydrogen-bond donors (Lipinski definition) is 2. The summed E-state index contributed by atoms with van der Waals surface area (Å²) in [5, 5.41) is 11.9. The highest BCUT2D eigenvalue weighted by molar-refractivity contribution is 5.94. The fourth-order valence-corrected chi connectivity index (χ4v) is 4.32. The summed E-state index contributed by atoms with van der Waals surface area (Å²) in [4.78, 5) is 23.5. The van der Waals surface area contributed by atoms with Gasteiger partial charge >= 0.3 is 5.97 Å². The van der Waals surface area contributed by atoms with E-state index in [4.69, 9.17) is 14.6 Å². The zero-order valence-corrected chi connectivity index (χ0v) is 15.5. The van der Waals surface area contributed by atoms with E-state index in [9.17, 15) is 9.59 Å². The van der Waals surface area contributed by atoms with Crippen molar-refractivity contribution in [3.05, 3.63) is 65.2 Å². The molecule has 0 aromatic heterocycles. The van der Waals surface area contributed by atoms with Crippen LogP contribution in [0.15, 0.2) is 48.5 Å². The molecule has 0 saturated carbocycles. The van der Waals surface area contributed by atoms with Crippen LogP contribution >= 0.6 is 0 Å². The first-order valence-corrected chi connectivity index (χ1v) is 9.48. The number of fused-ring (bicyclic) bond motifs is 1. The minimum Gasteiger partial charge on any atom is -0.482 e. The molecule has 6 heteroatoms. The standard InChI is InChI=1S/C22H23NO5/c24-19(25)14-28-17-7-5-15(6-8-17)21(26)23-20-18-4-2-1-3-16(18)13-22(20)9-11-27-12-10-22/h1-8,20H,9-14H2,(H,23,26)(H,24,25). The lowest BCUT2D eigenvalue weighted by atomic mass is 9.74. The van der Waals surface area contributed by atoms with Crippen LogP contribution in [0.2, 0.25) is 0 Å². The van der Waals surface area contributed by atoms with Crippen molar-refractivity contribution in [1.82, 2.24) is 5.32 Å². The molecular formula is C22H23NO5. The average Bonchev–Trinajstić information content (AvgIpc) is 3.00. The summed E-state index contributed by atoms with van der Waals surface area (Å²) >= 11 is 0. The van der Waals surface area contributed by atoms with Gasteiger partial charge in [-0.2, -0.15) is 0 Å². The molecule has 1 atom stereocenters. The zero-order chi connectivity index (χ0) is 19.6. The molecule has 2 N–H and O–H groups in total. The monoisotopic (exact) mass is 381 g/mol. The highest BCUT2D eigenvalue weighted by Crippen LogP contribution is 2.51. The molecule has 2 aromatic carbocycles. The molecular weight excluding hydrogens is 358 g/mol. The van der Waals surface area contributed by atoms with E-state index in [1.54, 1.807) is 24.3 Å². The zero-order valence-electron chi connectivity index (χ0n) is 15.5. The Kier molecular flexibility index (Phi) is 5.05. The topological polar surface area (TPSA) is 84.9 Å². The Morgan fingerprint density at radius 3 is 2.54 bits per heavy atom. The van der Waals surface area contributed by atoms with Crippen molar-refractivity contribution in [2.24, 2.45) is 5.41 Å². The first-order chi connectivity index (χ1) is 13.6. The second-order valence-electron chi connectivity index (χ2n) is 7.46. The smallest absolute Gasteiger partial charge is 0.341 e. The number of carbonyl (C=O) groups excluding carboxylic acids is 1. The van der Waals surface area contributed by atoms with E-state index in [1.807, 2.05) is 12.1 Å². The largest absolute Gasteiger partial charge is 0.482 e. The minimum absolute atomic E-state index is 0.00212. The highest BCUT2D eigenvalue weighted by atomic mass is 16.5. The molecule has 0 radical (unpaired) electrons. The van der Waals surface area contributed by atoms with Gasteiger partial charge in [0.2, 0.25) is 0 Å². The van der Waals surface area contributed by atoms with Crippen molar-refractivity contribution in [2.45, 2.75) is 25.3 Å². The summed E-state index contributed by atoms with van der Waals surface area (Å²) in [7, 11) is 0. The third-order valence-electron chi connectivity index (χ3n) is 5.76. The predicted octanol–water partition coefficient (Wildman–Crippen LogP) is 2.97. The number of carbonyl (C=O) groups is 2. The van der Waals surface area contributed by atoms with E-state index in [-0.39, 0.29) is 17.4 Å². The van der Waals surface area contributed by atoms with Gasteiger partial charge in [0, 0.05) is 24.2 Å². The fraction of sp³-hybridized carbons (Fsp3) is 0.364. The van der Waals surface area contributed by atoms with Crippen molar-refractivity contribution < 1.29 is 24.2 Å². The molecule has 2 aromatic rings. The Balaban J connectivity index is 1.52. The van der Waals surface area contributed by atoms with Crippen LogP contribution in [0, 0.1) is 5.41 Å². The normalized spacial score (nSPS) is 19.8. The third kappa shape index (κ3) is 3.60. The van der Waals surface area contributed by atoms with Gasteiger partial charge in [0.05, 0.1) is 6.04 Å². The van der Waals surface area contributed by atoms with Gasteiger partial charge in [0.1, 0.15) is 5.75 Å². The third-order valence-corrected chi connectivity index (χ3v) is 5.76. The lowest BCUT2D eigenvalue weighted by Crippen LogP contribution is -2.42.